The summed E-state index contributed by atoms with van der Waals surface area (Å²) >= 11 is 0. The van der Waals surface area contributed by atoms with Crippen molar-refractivity contribution in [2.75, 3.05) is 73.7 Å². The van der Waals surface area contributed by atoms with Crippen LogP contribution in [0, 0.1) is 0 Å². The summed E-state index contributed by atoms with van der Waals surface area (Å²) in [5, 5.41) is 0. The summed E-state index contributed by atoms with van der Waals surface area (Å²) < 4.78 is 35.8. The molecule has 0 heterocycles. The van der Waals surface area contributed by atoms with Crippen molar-refractivity contribution in [3.63, 3.8) is 0 Å². The number of methoxy groups -OCH3 is 2. The summed E-state index contributed by atoms with van der Waals surface area (Å²) in [4.78, 5) is 10.5. The van der Waals surface area contributed by atoms with Crippen LogP contribution in [0.4, 0.5) is 0 Å². The van der Waals surface area contributed by atoms with E-state index >= 15 is 0 Å². The minimum absolute atomic E-state index is 0.269. The summed E-state index contributed by atoms with van der Waals surface area (Å²) in [5.74, 6) is -0.305. The first-order valence-electron chi connectivity index (χ1n) is 7.20. The predicted molar refractivity (Wildman–Crippen MR) is 77.7 cm³/mol. The third kappa shape index (κ3) is 15.6. The average Bonchev–Trinajstić information content (AvgIpc) is 2.51. The Labute approximate surface area is 131 Å². The van der Waals surface area contributed by atoms with Gasteiger partial charge in [-0.3, -0.25) is 4.79 Å². The molecule has 0 radical (unpaired) electrons. The van der Waals surface area contributed by atoms with E-state index in [-0.39, 0.29) is 18.9 Å². The molecular formula is C14H28O8. The van der Waals surface area contributed by atoms with Crippen LogP contribution in [-0.4, -0.2) is 85.9 Å². The fourth-order valence-electron chi connectivity index (χ4n) is 1.32. The SMILES string of the molecule is COC(COCCOCCOCCOCCOC(C)=O)OC. The molecule has 0 aliphatic carbocycles. The first kappa shape index (κ1) is 21.2. The Morgan fingerprint density at radius 1 is 0.727 bits per heavy atom. The molecule has 0 saturated carbocycles. The van der Waals surface area contributed by atoms with Gasteiger partial charge in [0.05, 0.1) is 52.9 Å². The van der Waals surface area contributed by atoms with Crippen LogP contribution in [0.2, 0.25) is 0 Å². The lowest BCUT2D eigenvalue weighted by molar-refractivity contribution is -0.143. The van der Waals surface area contributed by atoms with Crippen LogP contribution in [-0.2, 0) is 38.0 Å². The Kier molecular flexibility index (Phi) is 16.0. The fraction of sp³-hybridized carbons (Fsp3) is 0.929. The van der Waals surface area contributed by atoms with Gasteiger partial charge in [-0.15, -0.1) is 0 Å². The lowest BCUT2D eigenvalue weighted by atomic mass is 10.6. The van der Waals surface area contributed by atoms with Crippen molar-refractivity contribution in [1.82, 2.24) is 0 Å². The molecule has 0 aromatic heterocycles. The van der Waals surface area contributed by atoms with E-state index < -0.39 is 0 Å². The number of hydrogen-bond acceptors (Lipinski definition) is 8. The van der Waals surface area contributed by atoms with Crippen LogP contribution in [0.3, 0.4) is 0 Å². The predicted octanol–water partition coefficient (Wildman–Crippen LogP) is 0.235. The van der Waals surface area contributed by atoms with Crippen LogP contribution < -0.4 is 0 Å². The Morgan fingerprint density at radius 3 is 1.55 bits per heavy atom. The molecule has 132 valence electrons. The van der Waals surface area contributed by atoms with E-state index in [0.717, 1.165) is 0 Å². The summed E-state index contributed by atoms with van der Waals surface area (Å²) in [6.07, 6.45) is -0.343. The Hall–Kier alpha value is -0.770. The number of carbonyl (C=O) groups excluding carboxylic acids is 1. The lowest BCUT2D eigenvalue weighted by Crippen LogP contribution is -2.21. The second kappa shape index (κ2) is 16.6. The van der Waals surface area contributed by atoms with Crippen LogP contribution in [0.1, 0.15) is 6.92 Å². The molecule has 0 N–H and O–H groups in total. The smallest absolute Gasteiger partial charge is 0.302 e. The summed E-state index contributed by atoms with van der Waals surface area (Å²) in [6.45, 7) is 5.26. The number of rotatable bonds is 16. The van der Waals surface area contributed by atoms with Crippen LogP contribution in [0.15, 0.2) is 0 Å². The highest BCUT2D eigenvalue weighted by atomic mass is 16.7. The molecule has 0 aromatic carbocycles. The van der Waals surface area contributed by atoms with E-state index in [1.165, 1.54) is 6.92 Å². The van der Waals surface area contributed by atoms with Gasteiger partial charge in [-0.2, -0.15) is 0 Å². The molecule has 8 nitrogen and oxygen atoms in total. The highest BCUT2D eigenvalue weighted by Gasteiger charge is 2.03. The monoisotopic (exact) mass is 324 g/mol. The van der Waals surface area contributed by atoms with Crippen molar-refractivity contribution in [2.45, 2.75) is 13.2 Å². The molecule has 0 aliphatic rings. The number of carbonyl (C=O) groups is 1. The molecule has 0 rings (SSSR count). The van der Waals surface area contributed by atoms with Gasteiger partial charge in [0.2, 0.25) is 0 Å². The zero-order valence-corrected chi connectivity index (χ0v) is 13.7. The van der Waals surface area contributed by atoms with Crippen LogP contribution in [0.5, 0.6) is 0 Å². The molecule has 22 heavy (non-hydrogen) atoms. The average molecular weight is 324 g/mol. The van der Waals surface area contributed by atoms with Crippen molar-refractivity contribution in [1.29, 1.82) is 0 Å². The normalized spacial score (nSPS) is 11.1. The highest BCUT2D eigenvalue weighted by molar-refractivity contribution is 5.65. The fourth-order valence-corrected chi connectivity index (χ4v) is 1.32. The van der Waals surface area contributed by atoms with E-state index in [4.69, 9.17) is 33.2 Å². The van der Waals surface area contributed by atoms with Gasteiger partial charge in [-0.05, 0) is 0 Å². The highest BCUT2D eigenvalue weighted by Crippen LogP contribution is 1.91. The third-order valence-electron chi connectivity index (χ3n) is 2.43. The van der Waals surface area contributed by atoms with Crippen molar-refractivity contribution in [3.05, 3.63) is 0 Å². The molecule has 0 aromatic rings. The van der Waals surface area contributed by atoms with Crippen molar-refractivity contribution in [3.8, 4) is 0 Å². The molecule has 0 aliphatic heterocycles. The van der Waals surface area contributed by atoms with Gasteiger partial charge >= 0.3 is 5.97 Å². The molecule has 0 amide bonds. The zero-order chi connectivity index (χ0) is 16.5. The second-order valence-corrected chi connectivity index (χ2v) is 4.15. The standard InChI is InChI=1S/C14H28O8/c1-13(15)22-11-10-20-7-6-18-4-5-19-8-9-21-12-14(16-2)17-3/h14H,4-12H2,1-3H3. The maximum atomic E-state index is 10.5. The molecule has 8 heteroatoms. The number of hydrogen-bond donors (Lipinski definition) is 0. The molecule has 0 unspecified atom stereocenters. The largest absolute Gasteiger partial charge is 0.463 e. The van der Waals surface area contributed by atoms with Gasteiger partial charge in [-0.25, -0.2) is 0 Å². The van der Waals surface area contributed by atoms with E-state index in [1.807, 2.05) is 0 Å². The van der Waals surface area contributed by atoms with Crippen LogP contribution in [0.25, 0.3) is 0 Å². The molecule has 0 spiro atoms. The summed E-state index contributed by atoms with van der Waals surface area (Å²) in [6, 6.07) is 0. The van der Waals surface area contributed by atoms with E-state index in [2.05, 4.69) is 0 Å². The van der Waals surface area contributed by atoms with Gasteiger partial charge in [0.1, 0.15) is 6.61 Å². The molecule has 0 fully saturated rings. The minimum atomic E-state index is -0.343. The Balaban J connectivity index is 3.07. The Bertz CT molecular complexity index is 245. The van der Waals surface area contributed by atoms with E-state index in [9.17, 15) is 4.79 Å². The van der Waals surface area contributed by atoms with Crippen molar-refractivity contribution in [2.24, 2.45) is 0 Å². The Morgan fingerprint density at radius 2 is 1.14 bits per heavy atom. The van der Waals surface area contributed by atoms with Crippen molar-refractivity contribution >= 4 is 5.97 Å². The maximum absolute atomic E-state index is 10.5. The first-order chi connectivity index (χ1) is 10.7. The van der Waals surface area contributed by atoms with Crippen molar-refractivity contribution < 1.29 is 38.0 Å². The molecule has 0 saturated heterocycles. The van der Waals surface area contributed by atoms with Crippen LogP contribution >= 0.6 is 0 Å². The van der Waals surface area contributed by atoms with E-state index in [1.54, 1.807) is 14.2 Å². The van der Waals surface area contributed by atoms with Gasteiger partial charge in [0, 0.05) is 21.1 Å². The summed E-state index contributed by atoms with van der Waals surface area (Å²) in [7, 11) is 3.12. The number of esters is 1. The topological polar surface area (TPSA) is 81.7 Å². The third-order valence-corrected chi connectivity index (χ3v) is 2.43. The minimum Gasteiger partial charge on any atom is -0.463 e. The summed E-state index contributed by atoms with van der Waals surface area (Å²) in [5.41, 5.74) is 0. The molecule has 0 bridgehead atoms. The number of ether oxygens (including phenoxy) is 7. The van der Waals surface area contributed by atoms with E-state index in [0.29, 0.717) is 52.9 Å². The van der Waals surface area contributed by atoms with Gasteiger partial charge in [0.15, 0.2) is 6.29 Å². The van der Waals surface area contributed by atoms with Gasteiger partial charge < -0.3 is 33.2 Å². The van der Waals surface area contributed by atoms with Gasteiger partial charge in [-0.1, -0.05) is 0 Å². The van der Waals surface area contributed by atoms with Gasteiger partial charge in [0.25, 0.3) is 0 Å². The molecule has 0 atom stereocenters. The quantitative estimate of drug-likeness (QED) is 0.227. The lowest BCUT2D eigenvalue weighted by Gasteiger charge is -2.13. The maximum Gasteiger partial charge on any atom is 0.302 e. The molecular weight excluding hydrogens is 296 g/mol. The first-order valence-corrected chi connectivity index (χ1v) is 7.20. The second-order valence-electron chi connectivity index (χ2n) is 4.15. The zero-order valence-electron chi connectivity index (χ0n) is 13.7.